The van der Waals surface area contributed by atoms with Crippen LogP contribution in [-0.2, 0) is 11.2 Å². The van der Waals surface area contributed by atoms with Crippen molar-refractivity contribution in [1.82, 2.24) is 10.2 Å². The normalized spacial score (nSPS) is 26.0. The molecule has 1 saturated heterocycles. The van der Waals surface area contributed by atoms with E-state index in [-0.39, 0.29) is 18.4 Å². The average Bonchev–Trinajstić information content (AvgIpc) is 3.65. The molecule has 5 rings (SSSR count). The number of urea groups is 1. The number of ether oxygens (including phenoxy) is 1. The molecular formula is C22H27F3N4O3. The van der Waals surface area contributed by atoms with Crippen LogP contribution in [0.2, 0.25) is 0 Å². The van der Waals surface area contributed by atoms with Crippen molar-refractivity contribution >= 4 is 17.6 Å². The standard InChI is InChI=1S/C22H27F3N4O3/c23-22(24,25)17-10-29(21(31)28-17)9-15-7-13-5-6-14(8-16(13)32-15)27-20(30)19(26)18(11-1-2-11)12-3-4-12/h5-6,8,11-12,15,17-19H,1-4,7,9-10,26H2,(H,27,30)(H,28,31)/t15?,17-,19-/m0/s1. The van der Waals surface area contributed by atoms with Gasteiger partial charge in [-0.2, -0.15) is 13.2 Å². The fourth-order valence-electron chi connectivity index (χ4n) is 4.99. The molecule has 174 valence electrons. The van der Waals surface area contributed by atoms with Crippen LogP contribution in [0.15, 0.2) is 18.2 Å². The molecule has 10 heteroatoms. The van der Waals surface area contributed by atoms with Crippen LogP contribution in [0.1, 0.15) is 31.2 Å². The second-order valence-corrected chi connectivity index (χ2v) is 9.48. The molecule has 3 fully saturated rings. The van der Waals surface area contributed by atoms with Crippen molar-refractivity contribution in [3.8, 4) is 5.75 Å². The summed E-state index contributed by atoms with van der Waals surface area (Å²) in [5, 5.41) is 4.85. The first kappa shape index (κ1) is 21.4. The quantitative estimate of drug-likeness (QED) is 0.593. The summed E-state index contributed by atoms with van der Waals surface area (Å²) in [4.78, 5) is 25.8. The molecule has 0 spiro atoms. The molecule has 1 aromatic rings. The van der Waals surface area contributed by atoms with E-state index >= 15 is 0 Å². The van der Waals surface area contributed by atoms with Gasteiger partial charge in [-0.1, -0.05) is 6.07 Å². The number of nitrogens with two attached hydrogens (primary N) is 1. The van der Waals surface area contributed by atoms with Crippen molar-refractivity contribution in [2.24, 2.45) is 23.5 Å². The van der Waals surface area contributed by atoms with E-state index in [9.17, 15) is 22.8 Å². The first-order chi connectivity index (χ1) is 15.2. The predicted octanol–water partition coefficient (Wildman–Crippen LogP) is 2.65. The summed E-state index contributed by atoms with van der Waals surface area (Å²) in [6.07, 6.45) is 0.156. The lowest BCUT2D eigenvalue weighted by molar-refractivity contribution is -0.150. The second kappa shape index (κ2) is 7.83. The zero-order chi connectivity index (χ0) is 22.6. The highest BCUT2D eigenvalue weighted by Crippen LogP contribution is 2.50. The Kier molecular flexibility index (Phi) is 5.22. The fourth-order valence-corrected chi connectivity index (χ4v) is 4.99. The number of fused-ring (bicyclic) bond motifs is 1. The number of hydrogen-bond donors (Lipinski definition) is 3. The second-order valence-electron chi connectivity index (χ2n) is 9.48. The molecule has 2 aliphatic heterocycles. The van der Waals surface area contributed by atoms with Gasteiger partial charge in [0.1, 0.15) is 17.9 Å². The monoisotopic (exact) mass is 452 g/mol. The number of halogens is 3. The minimum absolute atomic E-state index is 0.0596. The number of anilines is 1. The molecule has 2 aliphatic carbocycles. The van der Waals surface area contributed by atoms with Crippen molar-refractivity contribution < 1.29 is 27.5 Å². The van der Waals surface area contributed by atoms with Crippen molar-refractivity contribution in [1.29, 1.82) is 0 Å². The van der Waals surface area contributed by atoms with Crippen molar-refractivity contribution in [3.63, 3.8) is 0 Å². The number of nitrogens with one attached hydrogen (secondary N) is 2. The lowest BCUT2D eigenvalue weighted by atomic mass is 9.89. The van der Waals surface area contributed by atoms with Gasteiger partial charge in [0, 0.05) is 18.2 Å². The smallest absolute Gasteiger partial charge is 0.410 e. The van der Waals surface area contributed by atoms with Crippen LogP contribution < -0.4 is 21.1 Å². The molecule has 0 aromatic heterocycles. The van der Waals surface area contributed by atoms with Crippen molar-refractivity contribution in [2.75, 3.05) is 18.4 Å². The van der Waals surface area contributed by atoms with Gasteiger partial charge in [0.05, 0.1) is 19.1 Å². The Morgan fingerprint density at radius 3 is 2.53 bits per heavy atom. The van der Waals surface area contributed by atoms with E-state index in [0.29, 0.717) is 29.7 Å². The molecule has 1 aromatic carbocycles. The highest BCUT2D eigenvalue weighted by atomic mass is 19.4. The van der Waals surface area contributed by atoms with Gasteiger partial charge in [0.15, 0.2) is 0 Å². The Bertz CT molecular complexity index is 904. The zero-order valence-corrected chi connectivity index (χ0v) is 17.5. The Morgan fingerprint density at radius 1 is 1.25 bits per heavy atom. The van der Waals surface area contributed by atoms with Crippen LogP contribution in [0.5, 0.6) is 5.75 Å². The summed E-state index contributed by atoms with van der Waals surface area (Å²) in [6.45, 7) is -0.370. The highest BCUT2D eigenvalue weighted by molar-refractivity contribution is 5.95. The summed E-state index contributed by atoms with van der Waals surface area (Å²) in [5.74, 6) is 1.74. The van der Waals surface area contributed by atoms with E-state index in [1.54, 1.807) is 12.1 Å². The summed E-state index contributed by atoms with van der Waals surface area (Å²) >= 11 is 0. The first-order valence-electron chi connectivity index (χ1n) is 11.2. The van der Waals surface area contributed by atoms with Gasteiger partial charge >= 0.3 is 12.2 Å². The van der Waals surface area contributed by atoms with Gasteiger partial charge in [-0.15, -0.1) is 0 Å². The van der Waals surface area contributed by atoms with E-state index < -0.39 is 36.9 Å². The molecular weight excluding hydrogens is 425 g/mol. The molecule has 3 amide bonds. The van der Waals surface area contributed by atoms with Gasteiger partial charge in [0.25, 0.3) is 0 Å². The lowest BCUT2D eigenvalue weighted by Crippen LogP contribution is -2.43. The molecule has 3 atom stereocenters. The van der Waals surface area contributed by atoms with E-state index in [0.717, 1.165) is 36.1 Å². The van der Waals surface area contributed by atoms with E-state index in [4.69, 9.17) is 10.5 Å². The maximum atomic E-state index is 12.9. The van der Waals surface area contributed by atoms with E-state index in [2.05, 4.69) is 5.32 Å². The minimum atomic E-state index is -4.48. The Hall–Kier alpha value is -2.49. The Morgan fingerprint density at radius 2 is 1.94 bits per heavy atom. The van der Waals surface area contributed by atoms with Gasteiger partial charge in [-0.3, -0.25) is 4.79 Å². The van der Waals surface area contributed by atoms with Crippen LogP contribution >= 0.6 is 0 Å². The third-order valence-corrected chi connectivity index (χ3v) is 6.93. The molecule has 1 unspecified atom stereocenters. The summed E-state index contributed by atoms with van der Waals surface area (Å²) in [6, 6.07) is 2.19. The maximum Gasteiger partial charge on any atom is 0.410 e. The topological polar surface area (TPSA) is 96.7 Å². The summed E-state index contributed by atoms with van der Waals surface area (Å²) in [7, 11) is 0. The molecule has 4 N–H and O–H groups in total. The molecule has 2 saturated carbocycles. The van der Waals surface area contributed by atoms with Crippen LogP contribution in [-0.4, -0.2) is 54.3 Å². The predicted molar refractivity (Wildman–Crippen MR) is 110 cm³/mol. The van der Waals surface area contributed by atoms with Crippen LogP contribution in [0.25, 0.3) is 0 Å². The number of benzene rings is 1. The fraction of sp³-hybridized carbons (Fsp3) is 0.636. The molecule has 4 aliphatic rings. The average molecular weight is 452 g/mol. The third-order valence-electron chi connectivity index (χ3n) is 6.93. The number of hydrogen-bond acceptors (Lipinski definition) is 4. The lowest BCUT2D eigenvalue weighted by Gasteiger charge is -2.23. The van der Waals surface area contributed by atoms with Crippen molar-refractivity contribution in [3.05, 3.63) is 23.8 Å². The Balaban J connectivity index is 1.18. The molecule has 32 heavy (non-hydrogen) atoms. The maximum absolute atomic E-state index is 12.9. The number of amides is 3. The third kappa shape index (κ3) is 4.37. The van der Waals surface area contributed by atoms with Gasteiger partial charge in [-0.05, 0) is 55.1 Å². The number of nitrogens with zero attached hydrogens (tertiary/aromatic N) is 1. The highest BCUT2D eigenvalue weighted by Gasteiger charge is 2.48. The van der Waals surface area contributed by atoms with Crippen LogP contribution in [0, 0.1) is 17.8 Å². The molecule has 2 heterocycles. The summed E-state index contributed by atoms with van der Waals surface area (Å²) < 4.78 is 44.5. The van der Waals surface area contributed by atoms with E-state index in [1.165, 1.54) is 0 Å². The van der Waals surface area contributed by atoms with Gasteiger partial charge < -0.3 is 26.0 Å². The van der Waals surface area contributed by atoms with Crippen LogP contribution in [0.3, 0.4) is 0 Å². The van der Waals surface area contributed by atoms with E-state index in [1.807, 2.05) is 11.4 Å². The Labute approximate surface area is 183 Å². The zero-order valence-electron chi connectivity index (χ0n) is 17.5. The minimum Gasteiger partial charge on any atom is -0.488 e. The SMILES string of the molecule is N[C@H](C(=O)Nc1ccc2c(c1)OC(CN1C[C@@H](C(F)(F)F)NC1=O)C2)C(C1CC1)C1CC1. The molecule has 0 radical (unpaired) electrons. The molecule has 7 nitrogen and oxygen atoms in total. The number of rotatable bonds is 7. The van der Waals surface area contributed by atoms with Gasteiger partial charge in [-0.25, -0.2) is 4.79 Å². The first-order valence-corrected chi connectivity index (χ1v) is 11.2. The summed E-state index contributed by atoms with van der Waals surface area (Å²) in [5.41, 5.74) is 7.77. The van der Waals surface area contributed by atoms with Crippen molar-refractivity contribution in [2.45, 2.75) is 56.5 Å². The van der Waals surface area contributed by atoms with Gasteiger partial charge in [0.2, 0.25) is 5.91 Å². The molecule has 0 bridgehead atoms. The number of carbonyl (C=O) groups is 2. The number of carbonyl (C=O) groups excluding carboxylic acids is 2. The largest absolute Gasteiger partial charge is 0.488 e. The van der Waals surface area contributed by atoms with Crippen LogP contribution in [0.4, 0.5) is 23.7 Å². The number of alkyl halides is 3.